The van der Waals surface area contributed by atoms with Crippen molar-refractivity contribution in [3.05, 3.63) is 63.6 Å². The normalized spacial score (nSPS) is 18.8. The Kier molecular flexibility index (Phi) is 6.93. The minimum absolute atomic E-state index is 0.239. The second-order valence-electron chi connectivity index (χ2n) is 9.27. The Morgan fingerprint density at radius 3 is 2.38 bits per heavy atom. The molecule has 0 saturated carbocycles. The number of fused-ring (bicyclic) bond motifs is 1. The van der Waals surface area contributed by atoms with E-state index in [1.165, 1.54) is 11.0 Å². The van der Waals surface area contributed by atoms with Gasteiger partial charge in [-0.25, -0.2) is 8.78 Å². The van der Waals surface area contributed by atoms with Crippen molar-refractivity contribution in [2.24, 2.45) is 5.92 Å². The standard InChI is InChI=1S/C24H27BrF2N2O3/c1-13(2)21-23(31)29(12-16-17(26)7-6-8-18(16)27)20(22(30)28-24(3,4)5)15-11-14(25)9-10-19(15)32-21/h6-11,13,20-21H,12H2,1-5H3,(H,28,30). The Hall–Kier alpha value is -2.48. The van der Waals surface area contributed by atoms with Crippen molar-refractivity contribution in [3.8, 4) is 5.75 Å². The molecule has 3 rings (SSSR count). The van der Waals surface area contributed by atoms with E-state index >= 15 is 0 Å². The van der Waals surface area contributed by atoms with Crippen molar-refractivity contribution in [2.75, 3.05) is 0 Å². The van der Waals surface area contributed by atoms with Gasteiger partial charge >= 0.3 is 0 Å². The fraction of sp³-hybridized carbons (Fsp3) is 0.417. The average Bonchev–Trinajstić information content (AvgIpc) is 2.78. The van der Waals surface area contributed by atoms with Crippen LogP contribution in [-0.2, 0) is 16.1 Å². The van der Waals surface area contributed by atoms with Gasteiger partial charge in [0.15, 0.2) is 6.10 Å². The molecule has 2 atom stereocenters. The molecule has 2 unspecified atom stereocenters. The van der Waals surface area contributed by atoms with Gasteiger partial charge in [0.05, 0.1) is 6.54 Å². The zero-order valence-corrected chi connectivity index (χ0v) is 20.3. The van der Waals surface area contributed by atoms with Crippen LogP contribution in [0.1, 0.15) is 51.8 Å². The van der Waals surface area contributed by atoms with Crippen LogP contribution in [0.15, 0.2) is 40.9 Å². The zero-order valence-electron chi connectivity index (χ0n) is 18.7. The van der Waals surface area contributed by atoms with Crippen LogP contribution >= 0.6 is 15.9 Å². The van der Waals surface area contributed by atoms with Crippen LogP contribution in [-0.4, -0.2) is 28.4 Å². The highest BCUT2D eigenvalue weighted by molar-refractivity contribution is 9.10. The van der Waals surface area contributed by atoms with Gasteiger partial charge in [-0.05, 0) is 57.0 Å². The summed E-state index contributed by atoms with van der Waals surface area (Å²) in [6.45, 7) is 8.67. The quantitative estimate of drug-likeness (QED) is 0.622. The summed E-state index contributed by atoms with van der Waals surface area (Å²) in [5, 5.41) is 2.90. The summed E-state index contributed by atoms with van der Waals surface area (Å²) in [5.74, 6) is -2.40. The second kappa shape index (κ2) is 9.17. The molecule has 1 aliphatic rings. The van der Waals surface area contributed by atoms with E-state index in [1.807, 2.05) is 34.6 Å². The van der Waals surface area contributed by atoms with Crippen LogP contribution in [0, 0.1) is 17.6 Å². The van der Waals surface area contributed by atoms with Gasteiger partial charge < -0.3 is 15.0 Å². The van der Waals surface area contributed by atoms with Gasteiger partial charge in [-0.1, -0.05) is 35.8 Å². The summed E-state index contributed by atoms with van der Waals surface area (Å²) >= 11 is 3.41. The van der Waals surface area contributed by atoms with Crippen molar-refractivity contribution in [3.63, 3.8) is 0 Å². The zero-order chi connectivity index (χ0) is 23.8. The molecule has 2 amide bonds. The smallest absolute Gasteiger partial charge is 0.265 e. The molecule has 0 saturated heterocycles. The van der Waals surface area contributed by atoms with Crippen LogP contribution in [0.5, 0.6) is 5.75 Å². The summed E-state index contributed by atoms with van der Waals surface area (Å²) in [4.78, 5) is 28.3. The number of amides is 2. The molecular formula is C24H27BrF2N2O3. The molecule has 0 aromatic heterocycles. The summed E-state index contributed by atoms with van der Waals surface area (Å²) < 4.78 is 35.8. The number of halogens is 3. The fourth-order valence-corrected chi connectivity index (χ4v) is 4.03. The number of nitrogens with one attached hydrogen (secondary N) is 1. The third-order valence-electron chi connectivity index (χ3n) is 5.10. The lowest BCUT2D eigenvalue weighted by atomic mass is 9.99. The van der Waals surface area contributed by atoms with Gasteiger partial charge in [-0.15, -0.1) is 0 Å². The van der Waals surface area contributed by atoms with E-state index in [4.69, 9.17) is 4.74 Å². The van der Waals surface area contributed by atoms with Crippen LogP contribution in [0.25, 0.3) is 0 Å². The lowest BCUT2D eigenvalue weighted by Gasteiger charge is -2.33. The molecule has 1 N–H and O–H groups in total. The molecule has 5 nitrogen and oxygen atoms in total. The molecule has 172 valence electrons. The summed E-state index contributed by atoms with van der Waals surface area (Å²) in [5.41, 5.74) is -0.434. The number of carbonyl (C=O) groups is 2. The molecule has 32 heavy (non-hydrogen) atoms. The maximum atomic E-state index is 14.5. The van der Waals surface area contributed by atoms with Gasteiger partial charge in [-0.2, -0.15) is 0 Å². The topological polar surface area (TPSA) is 58.6 Å². The monoisotopic (exact) mass is 508 g/mol. The molecule has 8 heteroatoms. The van der Waals surface area contributed by atoms with Crippen molar-refractivity contribution >= 4 is 27.7 Å². The highest BCUT2D eigenvalue weighted by atomic mass is 79.9. The molecular weight excluding hydrogens is 482 g/mol. The fourth-order valence-electron chi connectivity index (χ4n) is 3.65. The molecule has 0 aliphatic carbocycles. The molecule has 2 aromatic rings. The number of hydrogen-bond acceptors (Lipinski definition) is 3. The highest BCUT2D eigenvalue weighted by Crippen LogP contribution is 2.39. The van der Waals surface area contributed by atoms with Crippen molar-refractivity contribution in [1.29, 1.82) is 0 Å². The number of hydrogen-bond donors (Lipinski definition) is 1. The summed E-state index contributed by atoms with van der Waals surface area (Å²) in [7, 11) is 0. The molecule has 0 spiro atoms. The Balaban J connectivity index is 2.21. The van der Waals surface area contributed by atoms with Crippen LogP contribution in [0.3, 0.4) is 0 Å². The first-order valence-electron chi connectivity index (χ1n) is 10.4. The number of carbonyl (C=O) groups excluding carboxylic acids is 2. The van der Waals surface area contributed by atoms with Gasteiger partial charge in [0.25, 0.3) is 5.91 Å². The molecule has 0 bridgehead atoms. The molecule has 1 aliphatic heterocycles. The maximum Gasteiger partial charge on any atom is 0.265 e. The maximum absolute atomic E-state index is 14.5. The number of rotatable bonds is 4. The average molecular weight is 509 g/mol. The largest absolute Gasteiger partial charge is 0.480 e. The summed E-state index contributed by atoms with van der Waals surface area (Å²) in [6.07, 6.45) is -0.919. The predicted molar refractivity (Wildman–Crippen MR) is 121 cm³/mol. The second-order valence-corrected chi connectivity index (χ2v) is 10.2. The predicted octanol–water partition coefficient (Wildman–Crippen LogP) is 5.13. The van der Waals surface area contributed by atoms with Crippen LogP contribution in [0.2, 0.25) is 0 Å². The minimum Gasteiger partial charge on any atom is -0.480 e. The van der Waals surface area contributed by atoms with Crippen molar-refractivity contribution in [2.45, 2.75) is 58.8 Å². The Bertz CT molecular complexity index is 1020. The SMILES string of the molecule is CC(C)C1Oc2ccc(Br)cc2C(C(=O)NC(C)(C)C)N(Cc2c(F)cccc2F)C1=O. The van der Waals surface area contributed by atoms with Gasteiger partial charge in [0.1, 0.15) is 23.4 Å². The highest BCUT2D eigenvalue weighted by Gasteiger charge is 2.43. The Labute approximate surface area is 195 Å². The Morgan fingerprint density at radius 1 is 1.19 bits per heavy atom. The minimum atomic E-state index is -1.14. The van der Waals surface area contributed by atoms with Gasteiger partial charge in [-0.3, -0.25) is 9.59 Å². The first-order valence-corrected chi connectivity index (χ1v) is 11.2. The Morgan fingerprint density at radius 2 is 1.81 bits per heavy atom. The first-order chi connectivity index (χ1) is 14.9. The lowest BCUT2D eigenvalue weighted by Crippen LogP contribution is -2.51. The van der Waals surface area contributed by atoms with Gasteiger partial charge in [0, 0.05) is 21.1 Å². The number of benzene rings is 2. The first kappa shape index (κ1) is 24.2. The third kappa shape index (κ3) is 5.11. The molecule has 0 fully saturated rings. The third-order valence-corrected chi connectivity index (χ3v) is 5.59. The van der Waals surface area contributed by atoms with E-state index in [0.29, 0.717) is 15.8 Å². The molecule has 2 aromatic carbocycles. The van der Waals surface area contributed by atoms with E-state index in [9.17, 15) is 18.4 Å². The molecule has 0 radical (unpaired) electrons. The van der Waals surface area contributed by atoms with E-state index in [-0.39, 0.29) is 11.5 Å². The van der Waals surface area contributed by atoms with Crippen molar-refractivity contribution < 1.29 is 23.1 Å². The lowest BCUT2D eigenvalue weighted by molar-refractivity contribution is -0.147. The summed E-state index contributed by atoms with van der Waals surface area (Å²) in [6, 6.07) is 7.52. The number of nitrogens with zero attached hydrogens (tertiary/aromatic N) is 1. The van der Waals surface area contributed by atoms with E-state index < -0.39 is 47.7 Å². The molecule has 1 heterocycles. The van der Waals surface area contributed by atoms with E-state index in [2.05, 4.69) is 21.2 Å². The van der Waals surface area contributed by atoms with Gasteiger partial charge in [0.2, 0.25) is 5.91 Å². The van der Waals surface area contributed by atoms with Crippen molar-refractivity contribution in [1.82, 2.24) is 10.2 Å². The van der Waals surface area contributed by atoms with Crippen LogP contribution < -0.4 is 10.1 Å². The van der Waals surface area contributed by atoms with E-state index in [0.717, 1.165) is 12.1 Å². The number of ether oxygens (including phenoxy) is 1. The van der Waals surface area contributed by atoms with E-state index in [1.54, 1.807) is 18.2 Å². The van der Waals surface area contributed by atoms with Crippen LogP contribution in [0.4, 0.5) is 8.78 Å².